The van der Waals surface area contributed by atoms with Crippen molar-refractivity contribution < 1.29 is 59.1 Å². The standard InChI is InChI=1S/C8H14O6P.U/c1-5(2)11-3-6-8-7(4-12-6)13-15(9,10)14-8;/h4-8H,3H2,1-2H3,(H,9,10);/q-1;/t6-,7-,8?;/m1./s1. The Balaban J connectivity index is 0.00000128. The SMILES string of the molecule is CC(C)OC[C@H]1O[CH-][C@H]2OP(=O)(O)OC21.[U]. The largest absolute Gasteiger partial charge is 0.544 e. The van der Waals surface area contributed by atoms with Gasteiger partial charge in [0.15, 0.2) is 0 Å². The molecule has 2 aliphatic rings. The molecule has 4 atom stereocenters. The Hall–Kier alpha value is 1.08. The molecule has 2 heterocycles. The minimum atomic E-state index is -3.87. The van der Waals surface area contributed by atoms with Gasteiger partial charge < -0.3 is 18.9 Å². The Morgan fingerprint density at radius 1 is 1.50 bits per heavy atom. The zero-order valence-corrected chi connectivity index (χ0v) is 14.1. The first-order chi connectivity index (χ1) is 6.98. The first kappa shape index (κ1) is 15.1. The summed E-state index contributed by atoms with van der Waals surface area (Å²) in [5, 5.41) is 0. The zero-order valence-electron chi connectivity index (χ0n) is 9.03. The maximum absolute atomic E-state index is 11.1. The second kappa shape index (κ2) is 5.81. The Morgan fingerprint density at radius 3 is 2.81 bits per heavy atom. The van der Waals surface area contributed by atoms with Gasteiger partial charge in [0.25, 0.3) is 0 Å². The first-order valence-electron chi connectivity index (χ1n) is 4.78. The fourth-order valence-corrected chi connectivity index (χ4v) is 2.60. The predicted octanol–water partition coefficient (Wildman–Crippen LogP) is 0.856. The van der Waals surface area contributed by atoms with Crippen molar-refractivity contribution in [1.82, 2.24) is 0 Å². The molecule has 2 saturated heterocycles. The van der Waals surface area contributed by atoms with Crippen molar-refractivity contribution in [3.63, 3.8) is 0 Å². The summed E-state index contributed by atoms with van der Waals surface area (Å²) in [6, 6.07) is 0. The summed E-state index contributed by atoms with van der Waals surface area (Å²) in [5.41, 5.74) is 0. The second-order valence-electron chi connectivity index (χ2n) is 3.80. The van der Waals surface area contributed by atoms with Gasteiger partial charge in [0.2, 0.25) is 0 Å². The molecule has 0 aromatic heterocycles. The quantitative estimate of drug-likeness (QED) is 0.483. The fraction of sp³-hybridized carbons (Fsp3) is 0.875. The van der Waals surface area contributed by atoms with Gasteiger partial charge in [0.1, 0.15) is 0 Å². The van der Waals surface area contributed by atoms with E-state index in [1.54, 1.807) is 0 Å². The Bertz CT molecular complexity index is 286. The maximum Gasteiger partial charge on any atom is 0.470 e. The summed E-state index contributed by atoms with van der Waals surface area (Å²) >= 11 is 0. The average molecular weight is 475 g/mol. The summed E-state index contributed by atoms with van der Waals surface area (Å²) in [6.07, 6.45) is -1.41. The zero-order chi connectivity index (χ0) is 11.1. The summed E-state index contributed by atoms with van der Waals surface area (Å²) in [6.45, 7) is 5.51. The Kier molecular flexibility index (Phi) is 5.50. The predicted molar refractivity (Wildman–Crippen MR) is 49.8 cm³/mol. The molecule has 2 unspecified atom stereocenters. The van der Waals surface area contributed by atoms with Crippen LogP contribution in [-0.2, 0) is 23.1 Å². The summed E-state index contributed by atoms with van der Waals surface area (Å²) in [4.78, 5) is 9.09. The molecule has 16 heavy (non-hydrogen) atoms. The number of phosphoric acid groups is 1. The van der Waals surface area contributed by atoms with Gasteiger partial charge in [-0.15, -0.1) is 0 Å². The van der Waals surface area contributed by atoms with E-state index in [4.69, 9.17) is 23.4 Å². The van der Waals surface area contributed by atoms with Gasteiger partial charge in [0, 0.05) is 31.1 Å². The monoisotopic (exact) mass is 475 g/mol. The number of hydrogen-bond acceptors (Lipinski definition) is 5. The molecule has 0 spiro atoms. The van der Waals surface area contributed by atoms with Crippen LogP contribution in [0.2, 0.25) is 0 Å². The molecular formula is C8H14O6PU-. The first-order valence-corrected chi connectivity index (χ1v) is 6.27. The Morgan fingerprint density at radius 2 is 2.19 bits per heavy atom. The van der Waals surface area contributed by atoms with Crippen LogP contribution in [0.5, 0.6) is 0 Å². The van der Waals surface area contributed by atoms with E-state index in [-0.39, 0.29) is 43.3 Å². The molecule has 0 saturated carbocycles. The van der Waals surface area contributed by atoms with E-state index in [0.29, 0.717) is 6.61 Å². The molecular weight excluding hydrogens is 461 g/mol. The van der Waals surface area contributed by atoms with E-state index in [1.807, 2.05) is 13.8 Å². The van der Waals surface area contributed by atoms with Crippen LogP contribution in [0.25, 0.3) is 0 Å². The molecule has 0 aliphatic carbocycles. The molecule has 0 amide bonds. The molecule has 0 radical (unpaired) electrons. The van der Waals surface area contributed by atoms with Crippen LogP contribution in [-0.4, -0.2) is 35.9 Å². The summed E-state index contributed by atoms with van der Waals surface area (Å²) in [5.74, 6) is 0. The van der Waals surface area contributed by atoms with Crippen molar-refractivity contribution in [1.29, 1.82) is 0 Å². The van der Waals surface area contributed by atoms with Crippen molar-refractivity contribution in [3.05, 3.63) is 6.61 Å². The third-order valence-electron chi connectivity index (χ3n) is 2.18. The van der Waals surface area contributed by atoms with E-state index in [9.17, 15) is 4.57 Å². The van der Waals surface area contributed by atoms with E-state index in [1.165, 1.54) is 6.61 Å². The number of rotatable bonds is 3. The molecule has 92 valence electrons. The maximum atomic E-state index is 11.1. The van der Waals surface area contributed by atoms with Crippen LogP contribution in [0.4, 0.5) is 0 Å². The van der Waals surface area contributed by atoms with Crippen LogP contribution >= 0.6 is 7.82 Å². The molecule has 1 N–H and O–H groups in total. The van der Waals surface area contributed by atoms with Crippen LogP contribution in [0.15, 0.2) is 0 Å². The van der Waals surface area contributed by atoms with Gasteiger partial charge in [-0.25, -0.2) is 4.57 Å². The molecule has 8 heteroatoms. The molecule has 2 fully saturated rings. The number of fused-ring (bicyclic) bond motifs is 1. The Labute approximate surface area is 118 Å². The van der Waals surface area contributed by atoms with Crippen LogP contribution in [0.3, 0.4) is 0 Å². The van der Waals surface area contributed by atoms with Crippen LogP contribution in [0, 0.1) is 37.7 Å². The van der Waals surface area contributed by atoms with Crippen molar-refractivity contribution in [3.8, 4) is 0 Å². The summed E-state index contributed by atoms with van der Waals surface area (Å²) in [7, 11) is -3.87. The molecule has 2 rings (SSSR count). The molecule has 0 bridgehead atoms. The average Bonchev–Trinajstić information content (AvgIpc) is 2.56. The van der Waals surface area contributed by atoms with E-state index < -0.39 is 20.0 Å². The number of hydrogen-bond donors (Lipinski definition) is 1. The van der Waals surface area contributed by atoms with E-state index in [0.717, 1.165) is 0 Å². The third kappa shape index (κ3) is 3.54. The van der Waals surface area contributed by atoms with Gasteiger partial charge in [-0.2, -0.15) is 6.61 Å². The summed E-state index contributed by atoms with van der Waals surface area (Å²) < 4.78 is 31.3. The van der Waals surface area contributed by atoms with Gasteiger partial charge >= 0.3 is 7.82 Å². The van der Waals surface area contributed by atoms with Crippen LogP contribution in [0.1, 0.15) is 13.8 Å². The molecule has 0 aromatic carbocycles. The van der Waals surface area contributed by atoms with Crippen molar-refractivity contribution in [2.45, 2.75) is 38.3 Å². The van der Waals surface area contributed by atoms with E-state index in [2.05, 4.69) is 0 Å². The van der Waals surface area contributed by atoms with Crippen molar-refractivity contribution in [2.24, 2.45) is 0 Å². The number of phosphoric ester groups is 1. The smallest absolute Gasteiger partial charge is 0.470 e. The molecule has 6 nitrogen and oxygen atoms in total. The minimum Gasteiger partial charge on any atom is -0.544 e. The molecule has 2 aliphatic heterocycles. The minimum absolute atomic E-state index is 0. The van der Waals surface area contributed by atoms with E-state index >= 15 is 0 Å². The topological polar surface area (TPSA) is 74.2 Å². The fourth-order valence-electron chi connectivity index (χ4n) is 1.51. The third-order valence-corrected chi connectivity index (χ3v) is 3.20. The van der Waals surface area contributed by atoms with Gasteiger partial charge in [-0.3, -0.25) is 4.52 Å². The van der Waals surface area contributed by atoms with Gasteiger partial charge in [-0.1, -0.05) is 0 Å². The molecule has 0 aromatic rings. The van der Waals surface area contributed by atoms with Crippen molar-refractivity contribution >= 4 is 7.82 Å². The number of ether oxygens (including phenoxy) is 2. The van der Waals surface area contributed by atoms with Gasteiger partial charge in [0.05, 0.1) is 24.9 Å². The second-order valence-corrected chi connectivity index (χ2v) is 5.16. The van der Waals surface area contributed by atoms with Crippen molar-refractivity contribution in [2.75, 3.05) is 6.61 Å². The normalized spacial score (nSPS) is 42.1. The van der Waals surface area contributed by atoms with Crippen LogP contribution < -0.4 is 0 Å². The van der Waals surface area contributed by atoms with Gasteiger partial charge in [-0.05, 0) is 20.0 Å².